The molecule has 0 saturated carbocycles. The van der Waals surface area contributed by atoms with Crippen LogP contribution in [0.3, 0.4) is 0 Å². The minimum absolute atomic E-state index is 0.173. The lowest BCUT2D eigenvalue weighted by Gasteiger charge is -2.41. The van der Waals surface area contributed by atoms with Crippen LogP contribution in [-0.2, 0) is 10.3 Å². The molecule has 3 heterocycles. The molecule has 2 aliphatic heterocycles. The topological polar surface area (TPSA) is 44.7 Å². The molecule has 1 N–H and O–H groups in total. The van der Waals surface area contributed by atoms with Gasteiger partial charge in [0.25, 0.3) is 0 Å². The molecule has 2 aliphatic rings. The van der Waals surface area contributed by atoms with E-state index in [1.807, 2.05) is 4.90 Å². The van der Waals surface area contributed by atoms with E-state index in [1.54, 1.807) is 11.3 Å². The van der Waals surface area contributed by atoms with Crippen LogP contribution in [0.15, 0.2) is 34.6 Å². The molecular formula is C17H19N3OS. The summed E-state index contributed by atoms with van der Waals surface area (Å²) >= 11 is 1.74. The zero-order valence-electron chi connectivity index (χ0n) is 12.6. The second kappa shape index (κ2) is 5.09. The van der Waals surface area contributed by atoms with E-state index in [-0.39, 0.29) is 11.4 Å². The van der Waals surface area contributed by atoms with Gasteiger partial charge in [-0.25, -0.2) is 0 Å². The van der Waals surface area contributed by atoms with Crippen molar-refractivity contribution < 1.29 is 4.79 Å². The Morgan fingerprint density at radius 3 is 3.14 bits per heavy atom. The number of hydrogen-bond donors (Lipinski definition) is 1. The summed E-state index contributed by atoms with van der Waals surface area (Å²) in [4.78, 5) is 19.0. The fourth-order valence-corrected chi connectivity index (χ4v) is 4.05. The first-order chi connectivity index (χ1) is 10.7. The molecule has 4 nitrogen and oxygen atoms in total. The molecule has 0 radical (unpaired) electrons. The van der Waals surface area contributed by atoms with Crippen molar-refractivity contribution >= 4 is 33.3 Å². The van der Waals surface area contributed by atoms with Gasteiger partial charge in [0.05, 0.1) is 12.0 Å². The molecule has 5 heteroatoms. The van der Waals surface area contributed by atoms with Gasteiger partial charge in [0.15, 0.2) is 0 Å². The molecule has 1 saturated heterocycles. The van der Waals surface area contributed by atoms with E-state index in [0.29, 0.717) is 6.42 Å². The third-order valence-corrected chi connectivity index (χ3v) is 5.49. The van der Waals surface area contributed by atoms with Gasteiger partial charge < -0.3 is 5.32 Å². The number of guanidine groups is 1. The number of thiophene rings is 1. The van der Waals surface area contributed by atoms with Crippen molar-refractivity contribution in [3.8, 4) is 0 Å². The van der Waals surface area contributed by atoms with Crippen LogP contribution in [0.4, 0.5) is 0 Å². The summed E-state index contributed by atoms with van der Waals surface area (Å²) in [6.45, 7) is 3.68. The van der Waals surface area contributed by atoms with Crippen molar-refractivity contribution in [2.45, 2.75) is 31.7 Å². The zero-order chi connectivity index (χ0) is 15.2. The summed E-state index contributed by atoms with van der Waals surface area (Å²) in [7, 11) is 0. The maximum Gasteiger partial charge on any atom is 0.231 e. The molecule has 1 aromatic carbocycles. The fourth-order valence-electron chi connectivity index (χ4n) is 3.28. The van der Waals surface area contributed by atoms with Crippen LogP contribution in [0, 0.1) is 0 Å². The second-order valence-corrected chi connectivity index (χ2v) is 7.21. The largest absolute Gasteiger partial charge is 0.346 e. The minimum atomic E-state index is -0.382. The Morgan fingerprint density at radius 2 is 2.23 bits per heavy atom. The number of rotatable bonds is 1. The highest BCUT2D eigenvalue weighted by Gasteiger charge is 2.40. The molecule has 0 bridgehead atoms. The molecule has 114 valence electrons. The summed E-state index contributed by atoms with van der Waals surface area (Å²) in [5, 5.41) is 6.88. The summed E-state index contributed by atoms with van der Waals surface area (Å²) < 4.78 is 1.28. The average Bonchev–Trinajstić information content (AvgIpc) is 2.84. The van der Waals surface area contributed by atoms with Crippen LogP contribution in [0.25, 0.3) is 10.1 Å². The highest BCUT2D eigenvalue weighted by molar-refractivity contribution is 7.17. The molecular weight excluding hydrogens is 294 g/mol. The first kappa shape index (κ1) is 13.8. The van der Waals surface area contributed by atoms with Crippen molar-refractivity contribution in [1.82, 2.24) is 10.2 Å². The van der Waals surface area contributed by atoms with E-state index in [1.165, 1.54) is 10.1 Å². The molecule has 0 unspecified atom stereocenters. The Balaban J connectivity index is 1.73. The molecule has 1 fully saturated rings. The van der Waals surface area contributed by atoms with Crippen LogP contribution in [-0.4, -0.2) is 29.9 Å². The van der Waals surface area contributed by atoms with Crippen molar-refractivity contribution in [3.63, 3.8) is 0 Å². The predicted octanol–water partition coefficient (Wildman–Crippen LogP) is 3.09. The number of nitrogens with zero attached hydrogens (tertiary/aromatic N) is 2. The van der Waals surface area contributed by atoms with Gasteiger partial charge in [-0.15, -0.1) is 11.3 Å². The number of benzene rings is 1. The van der Waals surface area contributed by atoms with Gasteiger partial charge in [0.1, 0.15) is 0 Å². The second-order valence-electron chi connectivity index (χ2n) is 6.26. The molecule has 1 aromatic heterocycles. The highest BCUT2D eigenvalue weighted by atomic mass is 32.1. The van der Waals surface area contributed by atoms with E-state index in [0.717, 1.165) is 37.5 Å². The maximum atomic E-state index is 12.6. The number of carbonyl (C=O) groups is 1. The van der Waals surface area contributed by atoms with Gasteiger partial charge in [-0.05, 0) is 54.3 Å². The molecule has 4 rings (SSSR count). The number of amides is 1. The fraction of sp³-hybridized carbons (Fsp3) is 0.412. The summed E-state index contributed by atoms with van der Waals surface area (Å²) in [5.41, 5.74) is 0.769. The maximum absolute atomic E-state index is 12.6. The third kappa shape index (κ3) is 2.20. The standard InChI is InChI=1S/C17H19N3OS/c1-17(13-4-5-14-12(10-13)6-9-22-14)11-15(21)20-8-3-2-7-18-16(20)19-17/h4-6,9-10H,2-3,7-8,11H2,1H3,(H,18,19)/t17-/m0/s1. The summed E-state index contributed by atoms with van der Waals surface area (Å²) in [6.07, 6.45) is 2.55. The van der Waals surface area contributed by atoms with Gasteiger partial charge in [0.2, 0.25) is 11.9 Å². The monoisotopic (exact) mass is 313 g/mol. The van der Waals surface area contributed by atoms with Crippen LogP contribution in [0.1, 0.15) is 31.7 Å². The molecule has 0 spiro atoms. The quantitative estimate of drug-likeness (QED) is 0.879. The van der Waals surface area contributed by atoms with Crippen LogP contribution >= 0.6 is 11.3 Å². The number of carbonyl (C=O) groups excluding carboxylic acids is 1. The Labute approximate surface area is 133 Å². The Morgan fingerprint density at radius 1 is 1.32 bits per heavy atom. The predicted molar refractivity (Wildman–Crippen MR) is 90.2 cm³/mol. The van der Waals surface area contributed by atoms with Crippen molar-refractivity contribution in [2.75, 3.05) is 13.1 Å². The first-order valence-electron chi connectivity index (χ1n) is 7.76. The smallest absolute Gasteiger partial charge is 0.231 e. The van der Waals surface area contributed by atoms with Crippen molar-refractivity contribution in [3.05, 3.63) is 35.2 Å². The van der Waals surface area contributed by atoms with Crippen LogP contribution < -0.4 is 5.32 Å². The molecule has 22 heavy (non-hydrogen) atoms. The lowest BCUT2D eigenvalue weighted by molar-refractivity contribution is -0.130. The highest BCUT2D eigenvalue weighted by Crippen LogP contribution is 2.33. The van der Waals surface area contributed by atoms with E-state index in [9.17, 15) is 4.79 Å². The third-order valence-electron chi connectivity index (χ3n) is 4.59. The molecule has 1 amide bonds. The van der Waals surface area contributed by atoms with Gasteiger partial charge in [0, 0.05) is 17.8 Å². The van der Waals surface area contributed by atoms with Gasteiger partial charge in [-0.1, -0.05) is 6.07 Å². The number of fused-ring (bicyclic) bond motifs is 2. The SMILES string of the molecule is C[C@@]1(c2ccc3sccc3c2)CC(=O)N2CCCCN=C2N1. The Bertz CT molecular complexity index is 766. The first-order valence-corrected chi connectivity index (χ1v) is 8.64. The van der Waals surface area contributed by atoms with Gasteiger partial charge in [-0.2, -0.15) is 0 Å². The van der Waals surface area contributed by atoms with Gasteiger partial charge >= 0.3 is 0 Å². The minimum Gasteiger partial charge on any atom is -0.346 e. The number of nitrogens with one attached hydrogen (secondary N) is 1. The van der Waals surface area contributed by atoms with Crippen molar-refractivity contribution in [2.24, 2.45) is 4.99 Å². The summed E-state index contributed by atoms with van der Waals surface area (Å²) in [6, 6.07) is 8.60. The van der Waals surface area contributed by atoms with E-state index in [2.05, 4.69) is 46.9 Å². The van der Waals surface area contributed by atoms with E-state index < -0.39 is 0 Å². The Kier molecular flexibility index (Phi) is 3.18. The normalized spacial score (nSPS) is 25.4. The lowest BCUT2D eigenvalue weighted by atomic mass is 9.86. The van der Waals surface area contributed by atoms with Gasteiger partial charge in [-0.3, -0.25) is 14.7 Å². The number of hydrogen-bond acceptors (Lipinski definition) is 4. The molecule has 2 aromatic rings. The lowest BCUT2D eigenvalue weighted by Crippen LogP contribution is -2.59. The van der Waals surface area contributed by atoms with Crippen LogP contribution in [0.2, 0.25) is 0 Å². The molecule has 1 atom stereocenters. The van der Waals surface area contributed by atoms with Crippen molar-refractivity contribution in [1.29, 1.82) is 0 Å². The van der Waals surface area contributed by atoms with E-state index in [4.69, 9.17) is 0 Å². The average molecular weight is 313 g/mol. The van der Waals surface area contributed by atoms with Crippen LogP contribution in [0.5, 0.6) is 0 Å². The van der Waals surface area contributed by atoms with E-state index >= 15 is 0 Å². The zero-order valence-corrected chi connectivity index (χ0v) is 13.4. The Hall–Kier alpha value is -1.88. The summed E-state index contributed by atoms with van der Waals surface area (Å²) in [5.74, 6) is 0.925. The number of aliphatic imine (C=N–C) groups is 1. The molecule has 0 aliphatic carbocycles.